The Bertz CT molecular complexity index is 207. The third kappa shape index (κ3) is 5.27. The zero-order valence-electron chi connectivity index (χ0n) is 12.3. The molecule has 0 radical (unpaired) electrons. The number of nitrogens with zero attached hydrogens (tertiary/aromatic N) is 1. The minimum Gasteiger partial charge on any atom is -0.314 e. The highest BCUT2D eigenvalue weighted by molar-refractivity contribution is 4.80. The van der Waals surface area contributed by atoms with Crippen LogP contribution >= 0.6 is 0 Å². The van der Waals surface area contributed by atoms with Crippen molar-refractivity contribution in [3.63, 3.8) is 0 Å². The molecular weight excluding hydrogens is 220 g/mol. The van der Waals surface area contributed by atoms with E-state index in [1.807, 2.05) is 0 Å². The smallest absolute Gasteiger partial charge is 0.00951 e. The Hall–Kier alpha value is -0.0800. The van der Waals surface area contributed by atoms with Gasteiger partial charge in [0, 0.05) is 12.1 Å². The van der Waals surface area contributed by atoms with Gasteiger partial charge in [-0.15, -0.1) is 0 Å². The molecule has 2 saturated carbocycles. The second-order valence-electron chi connectivity index (χ2n) is 6.21. The molecule has 0 aromatic heterocycles. The summed E-state index contributed by atoms with van der Waals surface area (Å²) >= 11 is 0. The molecule has 2 rings (SSSR count). The van der Waals surface area contributed by atoms with Gasteiger partial charge in [-0.2, -0.15) is 0 Å². The first-order valence-corrected chi connectivity index (χ1v) is 8.37. The maximum atomic E-state index is 3.61. The van der Waals surface area contributed by atoms with Crippen molar-refractivity contribution in [2.75, 3.05) is 19.6 Å². The molecule has 0 bridgehead atoms. The minimum absolute atomic E-state index is 0.888. The first-order chi connectivity index (χ1) is 8.90. The van der Waals surface area contributed by atoms with E-state index in [2.05, 4.69) is 17.1 Å². The molecule has 0 atom stereocenters. The van der Waals surface area contributed by atoms with Crippen LogP contribution in [0.5, 0.6) is 0 Å². The average molecular weight is 252 g/mol. The van der Waals surface area contributed by atoms with E-state index in [0.717, 1.165) is 12.1 Å². The number of hydrogen-bond donors (Lipinski definition) is 1. The number of unbranched alkanes of at least 4 members (excludes halogenated alkanes) is 2. The molecule has 2 heteroatoms. The van der Waals surface area contributed by atoms with Crippen molar-refractivity contribution in [1.29, 1.82) is 0 Å². The third-order valence-electron chi connectivity index (χ3n) is 4.63. The SMILES string of the molecule is CCN(CCCCCNC1CC1)C1CCCCC1. The molecule has 0 aromatic rings. The molecule has 0 saturated heterocycles. The van der Waals surface area contributed by atoms with E-state index >= 15 is 0 Å². The summed E-state index contributed by atoms with van der Waals surface area (Å²) in [6.45, 7) is 6.18. The van der Waals surface area contributed by atoms with Crippen LogP contribution in [0.3, 0.4) is 0 Å². The van der Waals surface area contributed by atoms with Gasteiger partial charge in [0.1, 0.15) is 0 Å². The van der Waals surface area contributed by atoms with Crippen molar-refractivity contribution >= 4 is 0 Å². The van der Waals surface area contributed by atoms with Crippen LogP contribution < -0.4 is 5.32 Å². The van der Waals surface area contributed by atoms with Crippen LogP contribution in [0, 0.1) is 0 Å². The van der Waals surface area contributed by atoms with Crippen molar-refractivity contribution in [3.8, 4) is 0 Å². The highest BCUT2D eigenvalue weighted by atomic mass is 15.1. The third-order valence-corrected chi connectivity index (χ3v) is 4.63. The molecule has 0 heterocycles. The predicted octanol–water partition coefficient (Wildman–Crippen LogP) is 3.56. The van der Waals surface area contributed by atoms with Gasteiger partial charge in [0.25, 0.3) is 0 Å². The van der Waals surface area contributed by atoms with Crippen molar-refractivity contribution in [3.05, 3.63) is 0 Å². The van der Waals surface area contributed by atoms with E-state index in [1.54, 1.807) is 0 Å². The fourth-order valence-electron chi connectivity index (χ4n) is 3.26. The maximum Gasteiger partial charge on any atom is 0.00951 e. The molecule has 0 amide bonds. The first-order valence-electron chi connectivity index (χ1n) is 8.37. The van der Waals surface area contributed by atoms with Crippen LogP contribution in [0.2, 0.25) is 0 Å². The molecular formula is C16H32N2. The Morgan fingerprint density at radius 1 is 0.944 bits per heavy atom. The number of nitrogens with one attached hydrogen (secondary N) is 1. The van der Waals surface area contributed by atoms with Gasteiger partial charge in [-0.05, 0) is 58.2 Å². The standard InChI is InChI=1S/C16H32N2/c1-2-18(16-9-5-3-6-10-16)14-8-4-7-13-17-15-11-12-15/h15-17H,2-14H2,1H3. The van der Waals surface area contributed by atoms with Crippen LogP contribution in [0.4, 0.5) is 0 Å². The summed E-state index contributed by atoms with van der Waals surface area (Å²) in [5.41, 5.74) is 0. The van der Waals surface area contributed by atoms with E-state index in [0.29, 0.717) is 0 Å². The molecule has 18 heavy (non-hydrogen) atoms. The quantitative estimate of drug-likeness (QED) is 0.631. The van der Waals surface area contributed by atoms with E-state index < -0.39 is 0 Å². The molecule has 2 aliphatic carbocycles. The lowest BCUT2D eigenvalue weighted by Crippen LogP contribution is -2.37. The zero-order chi connectivity index (χ0) is 12.6. The van der Waals surface area contributed by atoms with Crippen molar-refractivity contribution in [2.24, 2.45) is 0 Å². The van der Waals surface area contributed by atoms with E-state index in [4.69, 9.17) is 0 Å². The Morgan fingerprint density at radius 3 is 2.39 bits per heavy atom. The average Bonchev–Trinajstić information content (AvgIpc) is 3.23. The fraction of sp³-hybridized carbons (Fsp3) is 1.00. The van der Waals surface area contributed by atoms with Crippen LogP contribution in [-0.2, 0) is 0 Å². The molecule has 0 aromatic carbocycles. The molecule has 0 spiro atoms. The molecule has 0 unspecified atom stereocenters. The highest BCUT2D eigenvalue weighted by Gasteiger charge is 2.20. The lowest BCUT2D eigenvalue weighted by atomic mass is 9.94. The summed E-state index contributed by atoms with van der Waals surface area (Å²) in [4.78, 5) is 2.74. The number of hydrogen-bond acceptors (Lipinski definition) is 2. The summed E-state index contributed by atoms with van der Waals surface area (Å²) in [6.07, 6.45) is 14.3. The minimum atomic E-state index is 0.888. The van der Waals surface area contributed by atoms with Gasteiger partial charge in [-0.1, -0.05) is 32.6 Å². The number of rotatable bonds is 9. The van der Waals surface area contributed by atoms with Crippen molar-refractivity contribution in [2.45, 2.75) is 83.2 Å². The predicted molar refractivity (Wildman–Crippen MR) is 79.0 cm³/mol. The normalized spacial score (nSPS) is 21.7. The van der Waals surface area contributed by atoms with Gasteiger partial charge in [-0.3, -0.25) is 0 Å². The van der Waals surface area contributed by atoms with E-state index in [9.17, 15) is 0 Å². The lowest BCUT2D eigenvalue weighted by Gasteiger charge is -2.33. The van der Waals surface area contributed by atoms with Gasteiger partial charge < -0.3 is 10.2 Å². The molecule has 1 N–H and O–H groups in total. The van der Waals surface area contributed by atoms with E-state index in [1.165, 1.54) is 83.8 Å². The molecule has 0 aliphatic heterocycles. The fourth-order valence-corrected chi connectivity index (χ4v) is 3.26. The molecule has 2 aliphatic rings. The second kappa shape index (κ2) is 8.16. The Balaban J connectivity index is 1.49. The Kier molecular flexibility index (Phi) is 6.50. The Morgan fingerprint density at radius 2 is 1.72 bits per heavy atom. The monoisotopic (exact) mass is 252 g/mol. The molecule has 2 fully saturated rings. The van der Waals surface area contributed by atoms with Gasteiger partial charge in [0.15, 0.2) is 0 Å². The van der Waals surface area contributed by atoms with Crippen molar-refractivity contribution < 1.29 is 0 Å². The largest absolute Gasteiger partial charge is 0.314 e. The van der Waals surface area contributed by atoms with Crippen LogP contribution in [-0.4, -0.2) is 36.6 Å². The zero-order valence-corrected chi connectivity index (χ0v) is 12.3. The van der Waals surface area contributed by atoms with Gasteiger partial charge in [-0.25, -0.2) is 0 Å². The van der Waals surface area contributed by atoms with Gasteiger partial charge in [0.05, 0.1) is 0 Å². The maximum absolute atomic E-state index is 3.61. The summed E-state index contributed by atoms with van der Waals surface area (Å²) in [5.74, 6) is 0. The summed E-state index contributed by atoms with van der Waals surface area (Å²) in [7, 11) is 0. The first kappa shape index (κ1) is 14.3. The molecule has 2 nitrogen and oxygen atoms in total. The summed E-state index contributed by atoms with van der Waals surface area (Å²) in [6, 6.07) is 1.80. The van der Waals surface area contributed by atoms with E-state index in [-0.39, 0.29) is 0 Å². The second-order valence-corrected chi connectivity index (χ2v) is 6.21. The van der Waals surface area contributed by atoms with Crippen molar-refractivity contribution in [1.82, 2.24) is 10.2 Å². The molecule has 106 valence electrons. The Labute approximate surface area is 114 Å². The van der Waals surface area contributed by atoms with Crippen LogP contribution in [0.25, 0.3) is 0 Å². The van der Waals surface area contributed by atoms with Gasteiger partial charge >= 0.3 is 0 Å². The summed E-state index contributed by atoms with van der Waals surface area (Å²) in [5, 5.41) is 3.61. The van der Waals surface area contributed by atoms with Crippen LogP contribution in [0.1, 0.15) is 71.1 Å². The lowest BCUT2D eigenvalue weighted by molar-refractivity contribution is 0.160. The highest BCUT2D eigenvalue weighted by Crippen LogP contribution is 2.22. The topological polar surface area (TPSA) is 15.3 Å². The summed E-state index contributed by atoms with van der Waals surface area (Å²) < 4.78 is 0. The van der Waals surface area contributed by atoms with Crippen LogP contribution in [0.15, 0.2) is 0 Å². The van der Waals surface area contributed by atoms with Gasteiger partial charge in [0.2, 0.25) is 0 Å².